The van der Waals surface area contributed by atoms with Gasteiger partial charge in [-0.2, -0.15) is 0 Å². The van der Waals surface area contributed by atoms with Crippen LogP contribution in [0.2, 0.25) is 0 Å². The summed E-state index contributed by atoms with van der Waals surface area (Å²) in [7, 11) is 0. The van der Waals surface area contributed by atoms with Crippen molar-refractivity contribution in [3.63, 3.8) is 0 Å². The van der Waals surface area contributed by atoms with E-state index in [0.29, 0.717) is 0 Å². The zero-order valence-electron chi connectivity index (χ0n) is 9.71. The molecule has 1 aromatic rings. The van der Waals surface area contributed by atoms with Crippen LogP contribution in [0.25, 0.3) is 0 Å². The minimum Gasteiger partial charge on any atom is -0.329 e. The molecule has 3 aliphatic rings. The van der Waals surface area contributed by atoms with Gasteiger partial charge in [-0.25, -0.2) is 4.98 Å². The van der Waals surface area contributed by atoms with E-state index in [1.54, 1.807) is 0 Å². The lowest BCUT2D eigenvalue weighted by Gasteiger charge is -2.14. The number of hydrogen-bond donors (Lipinski definition) is 1. The van der Waals surface area contributed by atoms with Crippen LogP contribution in [0.3, 0.4) is 0 Å². The van der Waals surface area contributed by atoms with Crippen LogP contribution in [0, 0.1) is 23.7 Å². The van der Waals surface area contributed by atoms with Crippen molar-refractivity contribution in [2.24, 2.45) is 29.4 Å². The van der Waals surface area contributed by atoms with Crippen LogP contribution in [0.15, 0.2) is 12.5 Å². The van der Waals surface area contributed by atoms with Crippen LogP contribution in [0.4, 0.5) is 0 Å². The Kier molecular flexibility index (Phi) is 1.67. The molecule has 0 aromatic carbocycles. The number of rotatable bonds is 2. The number of hydrogen-bond acceptors (Lipinski definition) is 2. The Labute approximate surface area is 96.0 Å². The number of nitrogens with two attached hydrogens (primary N) is 1. The molecule has 4 rings (SSSR count). The van der Waals surface area contributed by atoms with E-state index in [1.807, 2.05) is 12.5 Å². The molecule has 0 aliphatic heterocycles. The van der Waals surface area contributed by atoms with Crippen molar-refractivity contribution >= 4 is 0 Å². The van der Waals surface area contributed by atoms with Gasteiger partial charge < -0.3 is 10.3 Å². The van der Waals surface area contributed by atoms with Crippen LogP contribution < -0.4 is 5.73 Å². The van der Waals surface area contributed by atoms with Crippen molar-refractivity contribution in [3.05, 3.63) is 18.2 Å². The van der Waals surface area contributed by atoms with Crippen LogP contribution in [-0.4, -0.2) is 9.55 Å². The molecular weight excluding hydrogens is 198 g/mol. The minimum atomic E-state index is 0.112. The predicted octanol–water partition coefficient (Wildman–Crippen LogP) is 2.12. The van der Waals surface area contributed by atoms with Gasteiger partial charge in [0.05, 0.1) is 12.0 Å². The first-order valence-electron chi connectivity index (χ1n) is 6.54. The maximum atomic E-state index is 6.00. The Bertz CT molecular complexity index is 407. The third-order valence-corrected chi connectivity index (χ3v) is 5.18. The molecule has 0 saturated heterocycles. The highest BCUT2D eigenvalue weighted by molar-refractivity contribution is 5.19. The fraction of sp³-hybridized carbons (Fsp3) is 0.769. The molecule has 1 heterocycles. The van der Waals surface area contributed by atoms with E-state index in [1.165, 1.54) is 25.0 Å². The lowest BCUT2D eigenvalue weighted by Crippen LogP contribution is -2.13. The zero-order chi connectivity index (χ0) is 10.9. The lowest BCUT2D eigenvalue weighted by atomic mass is 10.0. The smallest absolute Gasteiger partial charge is 0.0951 e. The van der Waals surface area contributed by atoms with Crippen molar-refractivity contribution in [1.82, 2.24) is 9.55 Å². The van der Waals surface area contributed by atoms with Gasteiger partial charge in [0.15, 0.2) is 0 Å². The molecule has 3 nitrogen and oxygen atoms in total. The Hall–Kier alpha value is -0.830. The molecule has 86 valence electrons. The molecule has 5 atom stereocenters. The maximum absolute atomic E-state index is 6.00. The van der Waals surface area contributed by atoms with Crippen molar-refractivity contribution in [3.8, 4) is 0 Å². The Balaban J connectivity index is 1.66. The highest BCUT2D eigenvalue weighted by Gasteiger charge is 2.65. The average Bonchev–Trinajstić information content (AvgIpc) is 2.74. The van der Waals surface area contributed by atoms with E-state index in [9.17, 15) is 0 Å². The van der Waals surface area contributed by atoms with Gasteiger partial charge in [0.1, 0.15) is 0 Å². The Morgan fingerprint density at radius 2 is 2.06 bits per heavy atom. The number of aromatic nitrogens is 2. The summed E-state index contributed by atoms with van der Waals surface area (Å²) in [4.78, 5) is 4.29. The van der Waals surface area contributed by atoms with Crippen molar-refractivity contribution in [2.45, 2.75) is 38.3 Å². The van der Waals surface area contributed by atoms with Gasteiger partial charge in [-0.05, 0) is 49.9 Å². The summed E-state index contributed by atoms with van der Waals surface area (Å²) in [6.07, 6.45) is 8.41. The highest BCUT2D eigenvalue weighted by atomic mass is 15.1. The molecule has 2 bridgehead atoms. The van der Waals surface area contributed by atoms with Gasteiger partial charge in [-0.1, -0.05) is 0 Å². The Morgan fingerprint density at radius 1 is 1.38 bits per heavy atom. The summed E-state index contributed by atoms with van der Waals surface area (Å²) in [5.74, 6) is 3.96. The van der Waals surface area contributed by atoms with Crippen molar-refractivity contribution < 1.29 is 0 Å². The molecule has 1 aromatic heterocycles. The van der Waals surface area contributed by atoms with E-state index in [0.717, 1.165) is 29.7 Å². The van der Waals surface area contributed by atoms with Crippen molar-refractivity contribution in [2.75, 3.05) is 0 Å². The second-order valence-electron chi connectivity index (χ2n) is 5.99. The van der Waals surface area contributed by atoms with Gasteiger partial charge in [-0.3, -0.25) is 0 Å². The first-order chi connectivity index (χ1) is 7.77. The summed E-state index contributed by atoms with van der Waals surface area (Å²) in [5.41, 5.74) is 7.22. The number of imidazole rings is 1. The largest absolute Gasteiger partial charge is 0.329 e. The molecule has 0 radical (unpaired) electrons. The molecule has 3 saturated carbocycles. The summed E-state index contributed by atoms with van der Waals surface area (Å²) in [6, 6.07) is 0.858. The van der Waals surface area contributed by atoms with Gasteiger partial charge in [0.2, 0.25) is 0 Å². The maximum Gasteiger partial charge on any atom is 0.0951 e. The Morgan fingerprint density at radius 3 is 2.69 bits per heavy atom. The number of nitrogens with zero attached hydrogens (tertiary/aromatic N) is 2. The highest BCUT2D eigenvalue weighted by Crippen LogP contribution is 2.71. The summed E-state index contributed by atoms with van der Waals surface area (Å²) >= 11 is 0. The predicted molar refractivity (Wildman–Crippen MR) is 61.7 cm³/mol. The van der Waals surface area contributed by atoms with Gasteiger partial charge in [0, 0.05) is 18.3 Å². The molecule has 2 N–H and O–H groups in total. The topological polar surface area (TPSA) is 43.8 Å². The van der Waals surface area contributed by atoms with Gasteiger partial charge in [0.25, 0.3) is 0 Å². The van der Waals surface area contributed by atoms with E-state index in [2.05, 4.69) is 16.5 Å². The summed E-state index contributed by atoms with van der Waals surface area (Å²) in [6.45, 7) is 2.06. The third kappa shape index (κ3) is 1.000. The second-order valence-corrected chi connectivity index (χ2v) is 5.99. The fourth-order valence-electron chi connectivity index (χ4n) is 4.57. The van der Waals surface area contributed by atoms with Crippen LogP contribution >= 0.6 is 0 Å². The van der Waals surface area contributed by atoms with E-state index in [-0.39, 0.29) is 6.04 Å². The van der Waals surface area contributed by atoms with Crippen LogP contribution in [-0.2, 0) is 0 Å². The summed E-state index contributed by atoms with van der Waals surface area (Å²) < 4.78 is 2.38. The minimum absolute atomic E-state index is 0.112. The normalized spacial score (nSPS) is 45.8. The van der Waals surface area contributed by atoms with Crippen molar-refractivity contribution in [1.29, 1.82) is 0 Å². The molecule has 3 aliphatic carbocycles. The zero-order valence-corrected chi connectivity index (χ0v) is 9.71. The molecule has 0 amide bonds. The van der Waals surface area contributed by atoms with Crippen LogP contribution in [0.5, 0.6) is 0 Å². The monoisotopic (exact) mass is 217 g/mol. The van der Waals surface area contributed by atoms with Gasteiger partial charge in [-0.15, -0.1) is 0 Å². The SMILES string of the molecule is C[C@@H](N)c1cncn1C1C2C3CCC(C3)C21. The van der Waals surface area contributed by atoms with E-state index in [4.69, 9.17) is 5.73 Å². The molecular formula is C13H19N3. The lowest BCUT2D eigenvalue weighted by molar-refractivity contribution is 0.442. The second kappa shape index (κ2) is 2.89. The first-order valence-corrected chi connectivity index (χ1v) is 6.54. The molecule has 4 unspecified atom stereocenters. The molecule has 3 fully saturated rings. The van der Waals surface area contributed by atoms with E-state index >= 15 is 0 Å². The molecule has 16 heavy (non-hydrogen) atoms. The van der Waals surface area contributed by atoms with E-state index < -0.39 is 0 Å². The standard InChI is InChI=1S/C13H19N3/c1-7(14)10-5-15-6-16(10)13-11-8-2-3-9(4-8)12(11)13/h5-9,11-13H,2-4,14H2,1H3/t7-,8?,9?,11?,12?,13?/m1/s1. The summed E-state index contributed by atoms with van der Waals surface area (Å²) in [5, 5.41) is 0. The van der Waals surface area contributed by atoms with Crippen LogP contribution in [0.1, 0.15) is 44.0 Å². The van der Waals surface area contributed by atoms with Gasteiger partial charge >= 0.3 is 0 Å². The first kappa shape index (κ1) is 9.23. The molecule has 3 heteroatoms. The molecule has 0 spiro atoms. The number of fused-ring (bicyclic) bond motifs is 5. The average molecular weight is 217 g/mol. The quantitative estimate of drug-likeness (QED) is 0.824. The third-order valence-electron chi connectivity index (χ3n) is 5.18. The fourth-order valence-corrected chi connectivity index (χ4v) is 4.57.